The highest BCUT2D eigenvalue weighted by Gasteiger charge is 2.11. The zero-order valence-electron chi connectivity index (χ0n) is 9.05. The van der Waals surface area contributed by atoms with Crippen molar-refractivity contribution in [1.29, 1.82) is 0 Å². The van der Waals surface area contributed by atoms with Crippen LogP contribution in [-0.4, -0.2) is 4.62 Å². The highest BCUT2D eigenvalue weighted by molar-refractivity contribution is 9.20. The average Bonchev–Trinajstić information content (AvgIpc) is 2.40. The first-order chi connectivity index (χ1) is 8.27. The van der Waals surface area contributed by atoms with E-state index in [1.807, 2.05) is 48.5 Å². The van der Waals surface area contributed by atoms with Crippen molar-refractivity contribution in [3.05, 3.63) is 66.2 Å². The summed E-state index contributed by atoms with van der Waals surface area (Å²) in [5.41, 5.74) is 2.12. The molecule has 0 aliphatic heterocycles. The molecule has 0 fully saturated rings. The van der Waals surface area contributed by atoms with Gasteiger partial charge in [0.1, 0.15) is 4.62 Å². The summed E-state index contributed by atoms with van der Waals surface area (Å²) in [6.07, 6.45) is 0. The van der Waals surface area contributed by atoms with Crippen LogP contribution in [0, 0.1) is 0 Å². The number of hydrogen-bond acceptors (Lipinski definition) is 1. The van der Waals surface area contributed by atoms with Crippen LogP contribution < -0.4 is 0 Å². The van der Waals surface area contributed by atoms with E-state index in [9.17, 15) is 0 Å². The molecule has 0 aliphatic carbocycles. The predicted octanol–water partition coefficient (Wildman–Crippen LogP) is 5.25. The van der Waals surface area contributed by atoms with Crippen molar-refractivity contribution in [3.63, 3.8) is 0 Å². The topological polar surface area (TPSA) is 12.4 Å². The first-order valence-electron chi connectivity index (χ1n) is 5.25. The van der Waals surface area contributed by atoms with Gasteiger partial charge < -0.3 is 0 Å². The van der Waals surface area contributed by atoms with Crippen molar-refractivity contribution in [2.24, 2.45) is 4.99 Å². The number of hydrogen-bond donors (Lipinski definition) is 0. The molecule has 1 atom stereocenters. The van der Waals surface area contributed by atoms with Gasteiger partial charge >= 0.3 is 0 Å². The largest absolute Gasteiger partial charge is 0.244 e. The average molecular weight is 353 g/mol. The van der Waals surface area contributed by atoms with Crippen LogP contribution in [0.15, 0.2) is 65.7 Å². The lowest BCUT2D eigenvalue weighted by Crippen LogP contribution is -1.97. The number of rotatable bonds is 3. The fraction of sp³-hybridized carbons (Fsp3) is 0.0714. The third-order valence-electron chi connectivity index (χ3n) is 2.29. The zero-order valence-corrected chi connectivity index (χ0v) is 12.2. The first kappa shape index (κ1) is 12.5. The Hall–Kier alpha value is -0.930. The van der Waals surface area contributed by atoms with Crippen molar-refractivity contribution in [2.75, 3.05) is 0 Å². The maximum Gasteiger partial charge on any atom is 0.102 e. The van der Waals surface area contributed by atoms with Crippen molar-refractivity contribution < 1.29 is 0 Å². The van der Waals surface area contributed by atoms with Crippen LogP contribution in [0.25, 0.3) is 0 Å². The third-order valence-corrected chi connectivity index (χ3v) is 4.51. The number of benzene rings is 2. The van der Waals surface area contributed by atoms with Crippen LogP contribution in [0.5, 0.6) is 0 Å². The number of aliphatic imine (C=N–C) groups is 1. The van der Waals surface area contributed by atoms with Crippen molar-refractivity contribution in [3.8, 4) is 0 Å². The molecule has 0 N–H and O–H groups in total. The molecule has 0 bridgehead atoms. The third kappa shape index (κ3) is 3.51. The van der Waals surface area contributed by atoms with E-state index < -0.39 is 0 Å². The van der Waals surface area contributed by atoms with E-state index in [0.29, 0.717) is 0 Å². The maximum atomic E-state index is 4.52. The highest BCUT2D eigenvalue weighted by atomic mass is 79.9. The van der Waals surface area contributed by atoms with Crippen LogP contribution in [0.2, 0.25) is 0 Å². The van der Waals surface area contributed by atoms with Gasteiger partial charge in [-0.3, -0.25) is 0 Å². The Labute approximate surface area is 118 Å². The van der Waals surface area contributed by atoms with Gasteiger partial charge in [0, 0.05) is 0 Å². The Morgan fingerprint density at radius 1 is 0.882 bits per heavy atom. The fourth-order valence-electron chi connectivity index (χ4n) is 1.44. The molecule has 17 heavy (non-hydrogen) atoms. The SMILES string of the molecule is BrC(=Nc1ccccc1)C(Br)c1ccccc1. The number of para-hydroxylation sites is 1. The molecular formula is C14H11Br2N. The number of alkyl halides is 1. The molecule has 0 aliphatic rings. The Kier molecular flexibility index (Phi) is 4.51. The van der Waals surface area contributed by atoms with Gasteiger partial charge in [-0.1, -0.05) is 64.5 Å². The van der Waals surface area contributed by atoms with Gasteiger partial charge in [-0.05, 0) is 33.6 Å². The number of nitrogens with zero attached hydrogens (tertiary/aromatic N) is 1. The molecule has 2 aromatic carbocycles. The summed E-state index contributed by atoms with van der Waals surface area (Å²) >= 11 is 7.15. The molecule has 0 heterocycles. The smallest absolute Gasteiger partial charge is 0.102 e. The highest BCUT2D eigenvalue weighted by Crippen LogP contribution is 2.28. The summed E-state index contributed by atoms with van der Waals surface area (Å²) in [4.78, 5) is 4.61. The van der Waals surface area contributed by atoms with E-state index >= 15 is 0 Å². The van der Waals surface area contributed by atoms with E-state index in [1.54, 1.807) is 0 Å². The molecule has 86 valence electrons. The van der Waals surface area contributed by atoms with Crippen molar-refractivity contribution in [2.45, 2.75) is 4.83 Å². The molecule has 0 saturated carbocycles. The molecule has 0 saturated heterocycles. The molecule has 1 nitrogen and oxygen atoms in total. The molecular weight excluding hydrogens is 342 g/mol. The van der Waals surface area contributed by atoms with Crippen molar-refractivity contribution >= 4 is 42.2 Å². The zero-order chi connectivity index (χ0) is 12.1. The van der Waals surface area contributed by atoms with Crippen LogP contribution in [0.4, 0.5) is 5.69 Å². The van der Waals surface area contributed by atoms with E-state index in [-0.39, 0.29) is 4.83 Å². The van der Waals surface area contributed by atoms with Gasteiger partial charge in [-0.15, -0.1) is 0 Å². The van der Waals surface area contributed by atoms with Crippen molar-refractivity contribution in [1.82, 2.24) is 0 Å². The summed E-state index contributed by atoms with van der Waals surface area (Å²) in [5, 5.41) is 0. The Morgan fingerprint density at radius 3 is 2.00 bits per heavy atom. The maximum absolute atomic E-state index is 4.52. The molecule has 0 aromatic heterocycles. The molecule has 0 radical (unpaired) electrons. The van der Waals surface area contributed by atoms with Gasteiger partial charge in [-0.2, -0.15) is 0 Å². The Morgan fingerprint density at radius 2 is 1.41 bits per heavy atom. The standard InChI is InChI=1S/C14H11Br2N/c15-13(11-7-3-1-4-8-11)14(16)17-12-9-5-2-6-10-12/h1-10,13H. The molecule has 1 unspecified atom stereocenters. The fourth-order valence-corrected chi connectivity index (χ4v) is 2.32. The summed E-state index contributed by atoms with van der Waals surface area (Å²) in [5.74, 6) is 0. The minimum atomic E-state index is 0.0870. The minimum absolute atomic E-state index is 0.0870. The monoisotopic (exact) mass is 351 g/mol. The second-order valence-electron chi connectivity index (χ2n) is 3.54. The van der Waals surface area contributed by atoms with Gasteiger partial charge in [-0.25, -0.2) is 4.99 Å². The van der Waals surface area contributed by atoms with Crippen LogP contribution in [-0.2, 0) is 0 Å². The van der Waals surface area contributed by atoms with Crippen LogP contribution in [0.3, 0.4) is 0 Å². The van der Waals surface area contributed by atoms with E-state index in [1.165, 1.54) is 5.56 Å². The second kappa shape index (κ2) is 6.12. The molecule has 0 spiro atoms. The Bertz CT molecular complexity index is 494. The lowest BCUT2D eigenvalue weighted by molar-refractivity contribution is 1.32. The second-order valence-corrected chi connectivity index (χ2v) is 5.27. The Balaban J connectivity index is 2.21. The van der Waals surface area contributed by atoms with E-state index in [0.717, 1.165) is 10.3 Å². The van der Waals surface area contributed by atoms with Gasteiger partial charge in [0.2, 0.25) is 0 Å². The summed E-state index contributed by atoms with van der Waals surface area (Å²) in [7, 11) is 0. The molecule has 2 aromatic rings. The van der Waals surface area contributed by atoms with Crippen LogP contribution >= 0.6 is 31.9 Å². The summed E-state index contributed by atoms with van der Waals surface area (Å²) in [6.45, 7) is 0. The molecule has 3 heteroatoms. The first-order valence-corrected chi connectivity index (χ1v) is 6.96. The van der Waals surface area contributed by atoms with E-state index in [4.69, 9.17) is 0 Å². The number of halogens is 2. The molecule has 0 amide bonds. The lowest BCUT2D eigenvalue weighted by Gasteiger charge is -2.08. The summed E-state index contributed by atoms with van der Waals surface area (Å²) < 4.78 is 0.870. The van der Waals surface area contributed by atoms with Gasteiger partial charge in [0.05, 0.1) is 10.5 Å². The van der Waals surface area contributed by atoms with Crippen LogP contribution in [0.1, 0.15) is 10.4 Å². The van der Waals surface area contributed by atoms with E-state index in [2.05, 4.69) is 49.0 Å². The minimum Gasteiger partial charge on any atom is -0.244 e. The lowest BCUT2D eigenvalue weighted by atomic mass is 10.2. The molecule has 2 rings (SSSR count). The van der Waals surface area contributed by atoms with Gasteiger partial charge in [0.25, 0.3) is 0 Å². The quantitative estimate of drug-likeness (QED) is 0.528. The van der Waals surface area contributed by atoms with Gasteiger partial charge in [0.15, 0.2) is 0 Å². The predicted molar refractivity (Wildman–Crippen MR) is 80.6 cm³/mol. The summed E-state index contributed by atoms with van der Waals surface area (Å²) in [6, 6.07) is 20.1. The normalized spacial score (nSPS) is 13.4.